The third-order valence-electron chi connectivity index (χ3n) is 6.34. The van der Waals surface area contributed by atoms with Crippen molar-refractivity contribution in [2.45, 2.75) is 44.9 Å². The maximum Gasteiger partial charge on any atom is 0.126 e. The summed E-state index contributed by atoms with van der Waals surface area (Å²) in [5, 5.41) is 4.51. The number of aromatic amines is 1. The summed E-state index contributed by atoms with van der Waals surface area (Å²) in [4.78, 5) is 3.21. The molecular weight excluding hydrogens is 382 g/mol. The summed E-state index contributed by atoms with van der Waals surface area (Å²) in [5.41, 5.74) is 4.08. The molecule has 0 bridgehead atoms. The molecule has 0 saturated carbocycles. The fourth-order valence-corrected chi connectivity index (χ4v) is 4.72. The predicted octanol–water partition coefficient (Wildman–Crippen LogP) is 5.56. The number of aryl methyl sites for hydroxylation is 1. The van der Waals surface area contributed by atoms with Gasteiger partial charge in [-0.1, -0.05) is 0 Å². The Hall–Kier alpha value is -2.40. The van der Waals surface area contributed by atoms with Gasteiger partial charge < -0.3 is 15.0 Å². The molecule has 1 atom stereocenters. The average Bonchev–Trinajstić information content (AvgIpc) is 3.15. The van der Waals surface area contributed by atoms with Gasteiger partial charge >= 0.3 is 0 Å². The van der Waals surface area contributed by atoms with Gasteiger partial charge in [-0.3, -0.25) is 0 Å². The lowest BCUT2D eigenvalue weighted by molar-refractivity contribution is 0.371. The molecule has 0 saturated heterocycles. The van der Waals surface area contributed by atoms with E-state index in [1.165, 1.54) is 17.7 Å². The lowest BCUT2D eigenvalue weighted by Gasteiger charge is -2.26. The molecule has 1 aliphatic carbocycles. The molecule has 2 aromatic carbocycles. The number of aromatic nitrogens is 1. The van der Waals surface area contributed by atoms with Crippen LogP contribution in [0.3, 0.4) is 0 Å². The van der Waals surface area contributed by atoms with Crippen molar-refractivity contribution >= 4 is 10.9 Å². The van der Waals surface area contributed by atoms with Crippen LogP contribution in [0.5, 0.6) is 5.75 Å². The number of rotatable bonds is 9. The second-order valence-electron chi connectivity index (χ2n) is 8.32. The summed E-state index contributed by atoms with van der Waals surface area (Å²) in [6, 6.07) is 8.16. The van der Waals surface area contributed by atoms with Gasteiger partial charge in [0.15, 0.2) is 0 Å². The van der Waals surface area contributed by atoms with Gasteiger partial charge in [-0.2, -0.15) is 0 Å². The van der Waals surface area contributed by atoms with E-state index >= 15 is 0 Å². The van der Waals surface area contributed by atoms with Gasteiger partial charge in [0.2, 0.25) is 0 Å². The summed E-state index contributed by atoms with van der Waals surface area (Å²) >= 11 is 0. The Morgan fingerprint density at radius 1 is 1.10 bits per heavy atom. The van der Waals surface area contributed by atoms with Crippen LogP contribution in [0.1, 0.15) is 42.4 Å². The molecule has 2 N–H and O–H groups in total. The lowest BCUT2D eigenvalue weighted by atomic mass is 9.81. The molecule has 1 heterocycles. The van der Waals surface area contributed by atoms with Crippen molar-refractivity contribution in [1.82, 2.24) is 10.3 Å². The zero-order valence-electron chi connectivity index (χ0n) is 17.6. The first-order valence-corrected chi connectivity index (χ1v) is 11.0. The standard InChI is InChI=1S/C25H30F2N2O/c1-30-25-11-9-23(27)20-8-6-17(14-22(20)25)4-2-12-28-13-3-5-18-16-29-24-10-7-19(26)15-21(18)24/h7,9-11,15-17,28-29H,2-6,8,12-14H2,1H3. The van der Waals surface area contributed by atoms with Gasteiger partial charge in [0.05, 0.1) is 7.11 Å². The molecule has 1 aromatic heterocycles. The first-order chi connectivity index (χ1) is 14.7. The topological polar surface area (TPSA) is 37.0 Å². The zero-order valence-corrected chi connectivity index (χ0v) is 17.6. The first-order valence-electron chi connectivity index (χ1n) is 11.0. The van der Waals surface area contributed by atoms with Crippen molar-refractivity contribution in [3.8, 4) is 5.75 Å². The third-order valence-corrected chi connectivity index (χ3v) is 6.34. The van der Waals surface area contributed by atoms with E-state index in [0.717, 1.165) is 85.8 Å². The summed E-state index contributed by atoms with van der Waals surface area (Å²) < 4.78 is 33.0. The molecule has 0 aliphatic heterocycles. The summed E-state index contributed by atoms with van der Waals surface area (Å²) in [7, 11) is 1.66. The van der Waals surface area contributed by atoms with E-state index < -0.39 is 0 Å². The van der Waals surface area contributed by atoms with Crippen LogP contribution in [0, 0.1) is 17.6 Å². The van der Waals surface area contributed by atoms with Gasteiger partial charge in [-0.25, -0.2) is 8.78 Å². The third kappa shape index (κ3) is 4.67. The van der Waals surface area contributed by atoms with Gasteiger partial charge in [0, 0.05) is 22.7 Å². The van der Waals surface area contributed by atoms with Crippen LogP contribution >= 0.6 is 0 Å². The molecule has 4 rings (SSSR count). The van der Waals surface area contributed by atoms with Crippen LogP contribution in [0.4, 0.5) is 8.78 Å². The van der Waals surface area contributed by atoms with E-state index in [2.05, 4.69) is 10.3 Å². The highest BCUT2D eigenvalue weighted by Gasteiger charge is 2.23. The van der Waals surface area contributed by atoms with Crippen LogP contribution < -0.4 is 10.1 Å². The largest absolute Gasteiger partial charge is 0.496 e. The van der Waals surface area contributed by atoms with Crippen LogP contribution in [-0.4, -0.2) is 25.2 Å². The molecular formula is C25H30F2N2O. The quantitative estimate of drug-likeness (QED) is 0.451. The number of methoxy groups -OCH3 is 1. The molecule has 1 aliphatic rings. The smallest absolute Gasteiger partial charge is 0.126 e. The van der Waals surface area contributed by atoms with Gasteiger partial charge in [0.1, 0.15) is 17.4 Å². The van der Waals surface area contributed by atoms with Crippen molar-refractivity contribution in [3.63, 3.8) is 0 Å². The molecule has 5 heteroatoms. The molecule has 0 amide bonds. The average molecular weight is 413 g/mol. The Kier molecular flexibility index (Phi) is 6.68. The van der Waals surface area contributed by atoms with E-state index in [4.69, 9.17) is 4.74 Å². The Bertz CT molecular complexity index is 998. The Morgan fingerprint density at radius 3 is 2.83 bits per heavy atom. The number of nitrogens with one attached hydrogen (secondary N) is 2. The van der Waals surface area contributed by atoms with Crippen LogP contribution in [-0.2, 0) is 19.3 Å². The normalized spacial score (nSPS) is 16.0. The van der Waals surface area contributed by atoms with Crippen LogP contribution in [0.2, 0.25) is 0 Å². The first kappa shape index (κ1) is 20.9. The molecule has 160 valence electrons. The van der Waals surface area contributed by atoms with Gasteiger partial charge in [-0.15, -0.1) is 0 Å². The van der Waals surface area contributed by atoms with Crippen molar-refractivity contribution in [3.05, 3.63) is 64.9 Å². The fourth-order valence-electron chi connectivity index (χ4n) is 4.72. The minimum Gasteiger partial charge on any atom is -0.496 e. The van der Waals surface area contributed by atoms with Crippen molar-refractivity contribution in [2.24, 2.45) is 5.92 Å². The van der Waals surface area contributed by atoms with Crippen molar-refractivity contribution < 1.29 is 13.5 Å². The molecule has 0 spiro atoms. The van der Waals surface area contributed by atoms with Crippen molar-refractivity contribution in [2.75, 3.05) is 20.2 Å². The summed E-state index contributed by atoms with van der Waals surface area (Å²) in [6.07, 6.45) is 8.98. The zero-order chi connectivity index (χ0) is 20.9. The highest BCUT2D eigenvalue weighted by Crippen LogP contribution is 2.35. The molecule has 3 aromatic rings. The number of benzene rings is 2. The molecule has 1 unspecified atom stereocenters. The van der Waals surface area contributed by atoms with E-state index in [1.807, 2.05) is 6.20 Å². The fraction of sp³-hybridized carbons (Fsp3) is 0.440. The van der Waals surface area contributed by atoms with E-state index in [9.17, 15) is 8.78 Å². The Balaban J connectivity index is 1.17. The molecule has 0 radical (unpaired) electrons. The summed E-state index contributed by atoms with van der Waals surface area (Å²) in [5.74, 6) is 1.14. The van der Waals surface area contributed by atoms with E-state index in [0.29, 0.717) is 5.92 Å². The Labute approximate surface area is 176 Å². The van der Waals surface area contributed by atoms with Crippen LogP contribution in [0.25, 0.3) is 10.9 Å². The number of halogens is 2. The number of ether oxygens (including phenoxy) is 1. The second kappa shape index (κ2) is 9.61. The SMILES string of the molecule is COc1ccc(F)c2c1CC(CCCNCCCc1c[nH]c3ccc(F)cc13)CC2. The predicted molar refractivity (Wildman–Crippen MR) is 117 cm³/mol. The van der Waals surface area contributed by atoms with E-state index in [-0.39, 0.29) is 11.6 Å². The van der Waals surface area contributed by atoms with Gasteiger partial charge in [0.25, 0.3) is 0 Å². The monoisotopic (exact) mass is 412 g/mol. The number of H-pyrrole nitrogens is 1. The highest BCUT2D eigenvalue weighted by atomic mass is 19.1. The van der Waals surface area contributed by atoms with Crippen molar-refractivity contribution in [1.29, 1.82) is 0 Å². The van der Waals surface area contributed by atoms with Gasteiger partial charge in [-0.05, 0) is 105 Å². The number of hydrogen-bond acceptors (Lipinski definition) is 2. The number of fused-ring (bicyclic) bond motifs is 2. The maximum absolute atomic E-state index is 14.1. The summed E-state index contributed by atoms with van der Waals surface area (Å²) in [6.45, 7) is 1.95. The molecule has 3 nitrogen and oxygen atoms in total. The minimum atomic E-state index is -0.188. The Morgan fingerprint density at radius 2 is 1.97 bits per heavy atom. The highest BCUT2D eigenvalue weighted by molar-refractivity contribution is 5.83. The van der Waals surface area contributed by atoms with Crippen LogP contribution in [0.15, 0.2) is 36.5 Å². The maximum atomic E-state index is 14.1. The van der Waals surface area contributed by atoms with E-state index in [1.54, 1.807) is 25.3 Å². The molecule has 30 heavy (non-hydrogen) atoms. The lowest BCUT2D eigenvalue weighted by Crippen LogP contribution is -2.20. The second-order valence-corrected chi connectivity index (χ2v) is 8.32. The minimum absolute atomic E-state index is 0.0937. The molecule has 0 fully saturated rings. The number of hydrogen-bond donors (Lipinski definition) is 2.